The zero-order valence-electron chi connectivity index (χ0n) is 62.1. The van der Waals surface area contributed by atoms with Crippen LogP contribution >= 0.6 is 0 Å². The molecule has 23 bridgehead atoms. The number of Topliss-reactive ketones (excluding diaryl/α,β-unsaturated/α-hetero) is 2. The van der Waals surface area contributed by atoms with E-state index in [4.69, 9.17) is 71.1 Å². The zero-order chi connectivity index (χ0) is 70.8. The van der Waals surface area contributed by atoms with Crippen LogP contribution in [0.1, 0.15) is 215 Å². The highest BCUT2D eigenvalue weighted by Crippen LogP contribution is 2.57. The fourth-order valence-electron chi connectivity index (χ4n) is 22.2. The Labute approximate surface area is 606 Å². The number of aliphatic hydroxyl groups is 2. The summed E-state index contributed by atoms with van der Waals surface area (Å²) in [6.07, 6.45) is 20.5. The summed E-state index contributed by atoms with van der Waals surface area (Å²) in [6, 6.07) is 0. The molecule has 18 saturated heterocycles. The van der Waals surface area contributed by atoms with E-state index in [9.17, 15) is 19.8 Å². The molecular formula is C83H122O19. The number of rotatable bonds is 6. The second-order valence-corrected chi connectivity index (χ2v) is 35.5. The molecule has 102 heavy (non-hydrogen) atoms. The van der Waals surface area contributed by atoms with E-state index in [0.29, 0.717) is 75.0 Å². The largest absolute Gasteiger partial charge is 0.394 e. The lowest BCUT2D eigenvalue weighted by Crippen LogP contribution is -2.61. The molecule has 37 atom stereocenters. The van der Waals surface area contributed by atoms with Crippen molar-refractivity contribution in [2.24, 2.45) is 47.3 Å². The second kappa shape index (κ2) is 30.0. The third kappa shape index (κ3) is 14.5. The van der Waals surface area contributed by atoms with Crippen LogP contribution in [-0.4, -0.2) is 205 Å². The summed E-state index contributed by atoms with van der Waals surface area (Å²) >= 11 is 0. The number of hydrogen-bond donors (Lipinski definition) is 2. The van der Waals surface area contributed by atoms with Crippen LogP contribution in [0.2, 0.25) is 0 Å². The molecule has 0 amide bonds. The lowest BCUT2D eigenvalue weighted by molar-refractivity contribution is -0.292. The number of allylic oxidation sites excluding steroid dienone is 1. The van der Waals surface area contributed by atoms with E-state index in [1.165, 1.54) is 11.1 Å². The SMILES string of the molecule is C=C1C[C@@H]2CC[C@@]34C[C@H]5OC6[C@@H](O3)C(C)[C@H](C/C=C/CC(=O)C[C@@H]3[C@@H](C)[C@@H](C[C@H](C)CC)O[C@H]3C[C@H]3OC(CC[C@@H]1O2)C[C@@H](C)C3=C)O[C@H]6[C@H]5O4.C=C1C[C@@H]2CC[C@@]34C[C@H]5OC6[C@@H](O[C@H]7CCC(CC(=O)C[C@@H]8[C@@H](C)[C@@H](C[C@H](O)CO)O[C@H]8C[C@H]8OC(CC[C@@H]1O2)C[C@@H](C)C8=C)O[C@@H]7[C@@H]6O3)[C@H]5O4. The molecule has 19 heteroatoms. The molecule has 19 rings (SSSR count). The van der Waals surface area contributed by atoms with E-state index < -0.39 is 17.7 Å². The first-order valence-corrected chi connectivity index (χ1v) is 40.7. The maximum Gasteiger partial charge on any atom is 0.172 e. The number of hydrogen-bond acceptors (Lipinski definition) is 19. The predicted molar refractivity (Wildman–Crippen MR) is 377 cm³/mol. The Bertz CT molecular complexity index is 3100. The van der Waals surface area contributed by atoms with E-state index in [-0.39, 0.29) is 201 Å². The maximum atomic E-state index is 14.0. The molecule has 6 unspecified atom stereocenters. The molecular weight excluding hydrogens is 1300 g/mol. The Balaban J connectivity index is 0.000000158. The van der Waals surface area contributed by atoms with Gasteiger partial charge in [-0.3, -0.25) is 9.59 Å². The first-order valence-electron chi connectivity index (χ1n) is 40.7. The monoisotopic (exact) mass is 1420 g/mol. The van der Waals surface area contributed by atoms with Gasteiger partial charge in [0, 0.05) is 76.5 Å². The van der Waals surface area contributed by atoms with Crippen molar-refractivity contribution < 1.29 is 90.9 Å². The van der Waals surface area contributed by atoms with Crippen molar-refractivity contribution in [3.8, 4) is 0 Å². The van der Waals surface area contributed by atoms with Gasteiger partial charge in [-0.2, -0.15) is 0 Å². The Morgan fingerprint density at radius 3 is 1.50 bits per heavy atom. The van der Waals surface area contributed by atoms with E-state index in [1.807, 2.05) is 0 Å². The predicted octanol–water partition coefficient (Wildman–Crippen LogP) is 11.9. The topological polar surface area (TPSA) is 213 Å². The molecule has 19 aliphatic rings. The van der Waals surface area contributed by atoms with Crippen molar-refractivity contribution in [3.63, 3.8) is 0 Å². The van der Waals surface area contributed by atoms with Crippen LogP contribution in [-0.2, 0) is 80.6 Å². The van der Waals surface area contributed by atoms with Crippen molar-refractivity contribution in [3.05, 3.63) is 60.8 Å². The van der Waals surface area contributed by atoms with Crippen molar-refractivity contribution >= 4 is 11.6 Å². The van der Waals surface area contributed by atoms with Gasteiger partial charge in [-0.1, -0.05) is 93.4 Å². The first kappa shape index (κ1) is 73.5. The van der Waals surface area contributed by atoms with Crippen LogP contribution in [0, 0.1) is 47.3 Å². The third-order valence-corrected chi connectivity index (χ3v) is 28.6. The van der Waals surface area contributed by atoms with E-state index >= 15 is 0 Å². The van der Waals surface area contributed by atoms with Crippen molar-refractivity contribution in [2.45, 2.75) is 392 Å². The average molecular weight is 1420 g/mol. The number of carbonyl (C=O) groups is 2. The summed E-state index contributed by atoms with van der Waals surface area (Å²) in [7, 11) is 0. The Hall–Kier alpha value is -2.64. The molecule has 0 aromatic rings. The molecule has 19 heterocycles. The molecule has 0 aromatic heterocycles. The highest BCUT2D eigenvalue weighted by molar-refractivity contribution is 5.80. The smallest absolute Gasteiger partial charge is 0.172 e. The maximum absolute atomic E-state index is 14.0. The Kier molecular flexibility index (Phi) is 21.6. The highest BCUT2D eigenvalue weighted by atomic mass is 16.8. The van der Waals surface area contributed by atoms with E-state index in [0.717, 1.165) is 127 Å². The zero-order valence-corrected chi connectivity index (χ0v) is 62.1. The lowest BCUT2D eigenvalue weighted by atomic mass is 9.78. The molecule has 19 nitrogen and oxygen atoms in total. The van der Waals surface area contributed by atoms with Gasteiger partial charge in [0.15, 0.2) is 11.6 Å². The fraction of sp³-hybridized carbons (Fsp3) is 0.855. The summed E-state index contributed by atoms with van der Waals surface area (Å²) in [6.45, 7) is 33.3. The van der Waals surface area contributed by atoms with E-state index in [2.05, 4.69) is 86.9 Å². The number of fused-ring (bicyclic) bond motifs is 12. The molecule has 0 saturated carbocycles. The van der Waals surface area contributed by atoms with Crippen molar-refractivity contribution in [2.75, 3.05) is 6.61 Å². The fourth-order valence-corrected chi connectivity index (χ4v) is 22.2. The molecule has 18 fully saturated rings. The van der Waals surface area contributed by atoms with Gasteiger partial charge < -0.3 is 81.3 Å². The summed E-state index contributed by atoms with van der Waals surface area (Å²) in [5.41, 5.74) is 4.57. The summed E-state index contributed by atoms with van der Waals surface area (Å²) in [5.74, 6) is 0.824. The van der Waals surface area contributed by atoms with Crippen LogP contribution in [0.3, 0.4) is 0 Å². The molecule has 2 spiro atoms. The summed E-state index contributed by atoms with van der Waals surface area (Å²) in [4.78, 5) is 27.6. The van der Waals surface area contributed by atoms with Gasteiger partial charge in [0.25, 0.3) is 0 Å². The number of aliphatic hydroxyl groups excluding tert-OH is 2. The highest BCUT2D eigenvalue weighted by Gasteiger charge is 2.70. The van der Waals surface area contributed by atoms with Crippen LogP contribution in [0.15, 0.2) is 60.8 Å². The Morgan fingerprint density at radius 2 is 0.931 bits per heavy atom. The number of ketones is 2. The molecule has 568 valence electrons. The minimum absolute atomic E-state index is 0.00300. The van der Waals surface area contributed by atoms with Crippen LogP contribution < -0.4 is 0 Å². The van der Waals surface area contributed by atoms with Gasteiger partial charge in [-0.15, -0.1) is 0 Å². The third-order valence-electron chi connectivity index (χ3n) is 28.6. The summed E-state index contributed by atoms with van der Waals surface area (Å²) < 4.78 is 101. The minimum Gasteiger partial charge on any atom is -0.394 e. The van der Waals surface area contributed by atoms with Crippen LogP contribution in [0.25, 0.3) is 0 Å². The van der Waals surface area contributed by atoms with E-state index in [1.54, 1.807) is 0 Å². The van der Waals surface area contributed by atoms with Crippen molar-refractivity contribution in [1.82, 2.24) is 0 Å². The molecule has 0 aliphatic carbocycles. The molecule has 19 aliphatic heterocycles. The molecule has 2 N–H and O–H groups in total. The summed E-state index contributed by atoms with van der Waals surface area (Å²) in [5, 5.41) is 20.0. The quantitative estimate of drug-likeness (QED) is 0.237. The lowest BCUT2D eigenvalue weighted by Gasteiger charge is -2.47. The van der Waals surface area contributed by atoms with Gasteiger partial charge >= 0.3 is 0 Å². The van der Waals surface area contributed by atoms with Gasteiger partial charge in [0.2, 0.25) is 0 Å². The van der Waals surface area contributed by atoms with Gasteiger partial charge in [-0.05, 0) is 154 Å². The number of carbonyl (C=O) groups excluding carboxylic acids is 2. The Morgan fingerprint density at radius 1 is 0.451 bits per heavy atom. The molecule has 0 radical (unpaired) electrons. The second-order valence-electron chi connectivity index (χ2n) is 35.5. The normalized spacial score (nSPS) is 52.3. The number of ether oxygens (including phenoxy) is 15. The average Bonchev–Trinajstić information content (AvgIpc) is 1.56. The van der Waals surface area contributed by atoms with Gasteiger partial charge in [0.1, 0.15) is 60.4 Å². The van der Waals surface area contributed by atoms with Crippen LogP contribution in [0.4, 0.5) is 0 Å². The van der Waals surface area contributed by atoms with Gasteiger partial charge in [-0.25, -0.2) is 0 Å². The minimum atomic E-state index is -0.872. The van der Waals surface area contributed by atoms with Crippen molar-refractivity contribution in [1.29, 1.82) is 0 Å². The molecule has 0 aromatic carbocycles. The van der Waals surface area contributed by atoms with Gasteiger partial charge in [0.05, 0.1) is 123 Å². The first-order chi connectivity index (χ1) is 49.1. The van der Waals surface area contributed by atoms with Crippen LogP contribution in [0.5, 0.6) is 0 Å². The standard InChI is InChI=1S/C43H64O8.C40H58O11/c1-8-23(2)17-35-27(6)32-20-29(44)11-9-10-12-34-28(7)39-41-42(48-34)40-38(49-41)22-43(50-39,51-40)16-15-31-19-25(4)33(45-31)14-13-30-18-24(3)26(5)36(46-30)21-37(32)47-35;1-19-11-25-5-7-29-20(2)12-27(44-29)9-10-40-17-34-36(50-40)37-38(49-34)39(51-40)35-30(48-37)8-6-26(46-35)13-23(42)14-28-22(4)31(15-24(43)18-41)47-33(28)16-32(45-25)21(19)3/h9-10,23-24,27-28,30-42H,4-5,8,11-22H2,1-3,6-7H3;19,22,24-39,41,43H,2-3,5-18H2,1,4H3/b10-9+;/t23-,24-,27-,28?,30?,31+,32-,33+,34+,35-,36-,37+,38-,39+,40+,41?,42+,43-;19-,22-,24+,25?,26?,27+,28-,29+,30+,31-,32-,33+,34-,35+,36+,37+,38?,39+,40+/m11/s1.